The van der Waals surface area contributed by atoms with Crippen LogP contribution in [-0.4, -0.2) is 87.7 Å². The number of carbonyl (C=O) groups is 1. The zero-order valence-corrected chi connectivity index (χ0v) is 26.8. The lowest BCUT2D eigenvalue weighted by molar-refractivity contribution is -0.141. The number of hydrogen-bond donors (Lipinski definition) is 1. The first-order valence-corrected chi connectivity index (χ1v) is 15.9. The van der Waals surface area contributed by atoms with Gasteiger partial charge in [0.05, 0.1) is 32.8 Å². The van der Waals surface area contributed by atoms with Gasteiger partial charge in [-0.3, -0.25) is 9.59 Å². The summed E-state index contributed by atoms with van der Waals surface area (Å²) in [5, 5.41) is 3.23. The number of anilines is 3. The fourth-order valence-corrected chi connectivity index (χ4v) is 5.29. The second-order valence-corrected chi connectivity index (χ2v) is 11.2. The van der Waals surface area contributed by atoms with Crippen LogP contribution in [0.15, 0.2) is 66.1 Å². The SMILES string of the molecule is C=CCn1c(=O)c2cnc(Nc3ccc(N4CCN(C(=O)CCOCCOCCCC)CC4)cc3)nc2n1-c1cccc(C(F)(F)F)n1. The smallest absolute Gasteiger partial charge is 0.379 e. The summed E-state index contributed by atoms with van der Waals surface area (Å²) in [7, 11) is 0. The van der Waals surface area contributed by atoms with Crippen molar-refractivity contribution in [2.75, 3.05) is 62.8 Å². The lowest BCUT2D eigenvalue weighted by Gasteiger charge is -2.36. The molecule has 1 aromatic carbocycles. The van der Waals surface area contributed by atoms with Gasteiger partial charge in [-0.25, -0.2) is 19.3 Å². The minimum absolute atomic E-state index is 0.0171. The zero-order valence-electron chi connectivity index (χ0n) is 26.8. The minimum atomic E-state index is -4.67. The molecule has 4 heterocycles. The predicted molar refractivity (Wildman–Crippen MR) is 176 cm³/mol. The summed E-state index contributed by atoms with van der Waals surface area (Å²) in [6.45, 7) is 10.5. The summed E-state index contributed by atoms with van der Waals surface area (Å²) in [6.07, 6.45) is 0.591. The first kappa shape index (κ1) is 34.6. The molecule has 1 aliphatic rings. The molecule has 5 rings (SSSR count). The van der Waals surface area contributed by atoms with E-state index in [4.69, 9.17) is 9.47 Å². The van der Waals surface area contributed by atoms with Crippen molar-refractivity contribution < 1.29 is 27.4 Å². The highest BCUT2D eigenvalue weighted by Gasteiger charge is 2.33. The van der Waals surface area contributed by atoms with E-state index in [1.54, 1.807) is 0 Å². The Kier molecular flexibility index (Phi) is 11.4. The molecule has 0 spiro atoms. The summed E-state index contributed by atoms with van der Waals surface area (Å²) in [5.74, 6) is 0.102. The lowest BCUT2D eigenvalue weighted by Crippen LogP contribution is -2.49. The van der Waals surface area contributed by atoms with Crippen molar-refractivity contribution in [1.82, 2.24) is 29.2 Å². The summed E-state index contributed by atoms with van der Waals surface area (Å²) in [6, 6.07) is 11.1. The highest BCUT2D eigenvalue weighted by Crippen LogP contribution is 2.29. The lowest BCUT2D eigenvalue weighted by atomic mass is 10.2. The maximum atomic E-state index is 13.4. The zero-order chi connectivity index (χ0) is 34.1. The molecule has 3 aromatic heterocycles. The van der Waals surface area contributed by atoms with Crippen LogP contribution in [0.4, 0.5) is 30.5 Å². The molecule has 15 heteroatoms. The van der Waals surface area contributed by atoms with Crippen molar-refractivity contribution in [3.63, 3.8) is 0 Å². The van der Waals surface area contributed by atoms with E-state index in [1.165, 1.54) is 33.8 Å². The molecule has 0 bridgehead atoms. The van der Waals surface area contributed by atoms with Gasteiger partial charge in [0.15, 0.2) is 11.5 Å². The number of carbonyl (C=O) groups excluding carboxylic acids is 1. The Balaban J connectivity index is 1.20. The molecule has 0 unspecified atom stereocenters. The Morgan fingerprint density at radius 2 is 1.73 bits per heavy atom. The second kappa shape index (κ2) is 15.9. The Bertz CT molecular complexity index is 1750. The first-order valence-electron chi connectivity index (χ1n) is 15.9. The molecule has 0 atom stereocenters. The Morgan fingerprint density at radius 3 is 2.42 bits per heavy atom. The van der Waals surface area contributed by atoms with Crippen molar-refractivity contribution in [3.05, 3.63) is 77.4 Å². The fraction of sp³-hybridized carbons (Fsp3) is 0.424. The number of amides is 1. The predicted octanol–water partition coefficient (Wildman–Crippen LogP) is 4.80. The van der Waals surface area contributed by atoms with Crippen LogP contribution in [0.5, 0.6) is 0 Å². The number of unbranched alkanes of at least 4 members (excludes halogenated alkanes) is 1. The van der Waals surface area contributed by atoms with Gasteiger partial charge in [-0.1, -0.05) is 25.5 Å². The molecular formula is C33H39F3N8O4. The van der Waals surface area contributed by atoms with Crippen LogP contribution < -0.4 is 15.8 Å². The number of hydrogen-bond acceptors (Lipinski definition) is 9. The van der Waals surface area contributed by atoms with Crippen LogP contribution >= 0.6 is 0 Å². The highest BCUT2D eigenvalue weighted by atomic mass is 19.4. The van der Waals surface area contributed by atoms with E-state index in [-0.39, 0.29) is 35.3 Å². The number of ether oxygens (including phenoxy) is 2. The molecule has 1 amide bonds. The molecule has 1 aliphatic heterocycles. The minimum Gasteiger partial charge on any atom is -0.379 e. The molecular weight excluding hydrogens is 629 g/mol. The van der Waals surface area contributed by atoms with Gasteiger partial charge in [0, 0.05) is 50.4 Å². The molecule has 12 nitrogen and oxygen atoms in total. The number of alkyl halides is 3. The van der Waals surface area contributed by atoms with Crippen LogP contribution in [0.1, 0.15) is 31.9 Å². The molecule has 256 valence electrons. The van der Waals surface area contributed by atoms with Gasteiger partial charge >= 0.3 is 6.18 Å². The van der Waals surface area contributed by atoms with Crippen molar-refractivity contribution in [1.29, 1.82) is 0 Å². The number of pyridine rings is 1. The Labute approximate surface area is 275 Å². The van der Waals surface area contributed by atoms with Gasteiger partial charge in [0.2, 0.25) is 11.9 Å². The van der Waals surface area contributed by atoms with Gasteiger partial charge < -0.3 is 24.6 Å². The average Bonchev–Trinajstić information content (AvgIpc) is 3.36. The molecule has 1 saturated heterocycles. The van der Waals surface area contributed by atoms with Crippen molar-refractivity contribution >= 4 is 34.3 Å². The third-order valence-electron chi connectivity index (χ3n) is 7.81. The Hall–Kier alpha value is -4.76. The van der Waals surface area contributed by atoms with Gasteiger partial charge in [-0.15, -0.1) is 6.58 Å². The van der Waals surface area contributed by atoms with Crippen LogP contribution in [0.3, 0.4) is 0 Å². The third kappa shape index (κ3) is 8.39. The molecule has 48 heavy (non-hydrogen) atoms. The molecule has 1 fully saturated rings. The second-order valence-electron chi connectivity index (χ2n) is 11.2. The number of allylic oxidation sites excluding steroid dienone is 1. The number of nitrogens with zero attached hydrogens (tertiary/aromatic N) is 7. The van der Waals surface area contributed by atoms with Crippen LogP contribution in [0.2, 0.25) is 0 Å². The topological polar surface area (TPSA) is 120 Å². The van der Waals surface area contributed by atoms with Crippen LogP contribution in [-0.2, 0) is 27.0 Å². The first-order chi connectivity index (χ1) is 23.2. The summed E-state index contributed by atoms with van der Waals surface area (Å²) >= 11 is 0. The maximum absolute atomic E-state index is 13.4. The molecule has 0 radical (unpaired) electrons. The molecule has 1 N–H and O–H groups in total. The standard InChI is InChI=1S/C33H39F3N8O4/c1-3-5-19-47-21-22-48-20-13-29(45)42-17-15-41(16-18-42)25-11-9-24(10-12-25)38-32-37-23-26-30(40-32)44(43(14-4-2)31(26)46)28-8-6-7-27(39-28)33(34,35)36/h4,6-12,23H,2-3,5,13-22H2,1H3,(H,37,38,40). The Morgan fingerprint density at radius 1 is 1.00 bits per heavy atom. The van der Waals surface area contributed by atoms with E-state index >= 15 is 0 Å². The average molecular weight is 669 g/mol. The summed E-state index contributed by atoms with van der Waals surface area (Å²) in [5.41, 5.74) is 0.168. The maximum Gasteiger partial charge on any atom is 0.433 e. The number of halogens is 3. The van der Waals surface area contributed by atoms with Crippen molar-refractivity contribution in [2.45, 2.75) is 38.9 Å². The van der Waals surface area contributed by atoms with Gasteiger partial charge in [0.25, 0.3) is 5.56 Å². The van der Waals surface area contributed by atoms with E-state index in [2.05, 4.69) is 38.7 Å². The van der Waals surface area contributed by atoms with Crippen LogP contribution in [0.25, 0.3) is 16.9 Å². The van der Waals surface area contributed by atoms with E-state index in [0.717, 1.165) is 31.2 Å². The van der Waals surface area contributed by atoms with E-state index in [1.807, 2.05) is 29.2 Å². The number of aromatic nitrogens is 5. The molecule has 4 aromatic rings. The van der Waals surface area contributed by atoms with Gasteiger partial charge in [-0.2, -0.15) is 18.2 Å². The molecule has 0 aliphatic carbocycles. The summed E-state index contributed by atoms with van der Waals surface area (Å²) in [4.78, 5) is 42.3. The monoisotopic (exact) mass is 668 g/mol. The quantitative estimate of drug-likeness (QED) is 0.141. The fourth-order valence-electron chi connectivity index (χ4n) is 5.29. The largest absolute Gasteiger partial charge is 0.433 e. The van der Waals surface area contributed by atoms with Crippen LogP contribution in [0, 0.1) is 0 Å². The normalized spacial score (nSPS) is 13.7. The highest BCUT2D eigenvalue weighted by molar-refractivity contribution is 5.77. The third-order valence-corrected chi connectivity index (χ3v) is 7.81. The number of rotatable bonds is 15. The number of fused-ring (bicyclic) bond motifs is 1. The molecule has 0 saturated carbocycles. The number of piperazine rings is 1. The van der Waals surface area contributed by atoms with E-state index in [0.29, 0.717) is 58.1 Å². The summed E-state index contributed by atoms with van der Waals surface area (Å²) < 4.78 is 53.8. The van der Waals surface area contributed by atoms with Crippen molar-refractivity contribution in [2.24, 2.45) is 0 Å². The van der Waals surface area contributed by atoms with E-state index in [9.17, 15) is 22.8 Å². The van der Waals surface area contributed by atoms with Gasteiger partial charge in [0.1, 0.15) is 11.1 Å². The van der Waals surface area contributed by atoms with Gasteiger partial charge in [-0.05, 0) is 42.8 Å². The number of benzene rings is 1. The van der Waals surface area contributed by atoms with E-state index < -0.39 is 17.4 Å². The van der Waals surface area contributed by atoms with Crippen molar-refractivity contribution in [3.8, 4) is 5.82 Å². The number of nitrogens with one attached hydrogen (secondary N) is 1.